The molecule has 0 aliphatic heterocycles. The molecule has 3 aromatic rings. The Kier molecular flexibility index (Phi) is 11.3. The van der Waals surface area contributed by atoms with Gasteiger partial charge in [0.05, 0.1) is 17.7 Å². The lowest BCUT2D eigenvalue weighted by Crippen LogP contribution is -2.54. The number of ether oxygens (including phenoxy) is 1. The highest BCUT2D eigenvalue weighted by Crippen LogP contribution is 2.28. The first-order chi connectivity index (χ1) is 20.6. The molecule has 4 rings (SSSR count). The molecule has 1 aliphatic rings. The van der Waals surface area contributed by atoms with Gasteiger partial charge in [-0.3, -0.25) is 13.9 Å². The third kappa shape index (κ3) is 8.38. The van der Waals surface area contributed by atoms with Crippen molar-refractivity contribution in [1.82, 2.24) is 10.2 Å². The maximum Gasteiger partial charge on any atom is 0.264 e. The molecule has 0 spiro atoms. The number of benzene rings is 3. The number of amides is 2. The average Bonchev–Trinajstić information content (AvgIpc) is 3.00. The summed E-state index contributed by atoms with van der Waals surface area (Å²) in [6.45, 7) is 3.41. The fourth-order valence-electron chi connectivity index (χ4n) is 5.39. The molecule has 1 N–H and O–H groups in total. The Bertz CT molecular complexity index is 1490. The molecule has 1 fully saturated rings. The van der Waals surface area contributed by atoms with Crippen LogP contribution in [0.1, 0.15) is 56.6 Å². The number of nitrogens with one attached hydrogen (secondary N) is 1. The van der Waals surface area contributed by atoms with Crippen LogP contribution in [0.25, 0.3) is 0 Å². The fourth-order valence-corrected chi connectivity index (χ4v) is 7.18. The summed E-state index contributed by atoms with van der Waals surface area (Å²) in [4.78, 5) is 29.5. The highest BCUT2D eigenvalue weighted by molar-refractivity contribution is 9.10. The van der Waals surface area contributed by atoms with E-state index in [1.54, 1.807) is 67.8 Å². The number of sulfonamides is 1. The van der Waals surface area contributed by atoms with Gasteiger partial charge in [0, 0.05) is 17.1 Å². The first kappa shape index (κ1) is 32.5. The fraction of sp³-hybridized carbons (Fsp3) is 0.394. The van der Waals surface area contributed by atoms with Gasteiger partial charge in [-0.25, -0.2) is 8.42 Å². The molecule has 0 aromatic heterocycles. The zero-order valence-electron chi connectivity index (χ0n) is 25.0. The van der Waals surface area contributed by atoms with Gasteiger partial charge >= 0.3 is 0 Å². The lowest BCUT2D eigenvalue weighted by Gasteiger charge is -2.34. The van der Waals surface area contributed by atoms with Crippen molar-refractivity contribution in [3.05, 3.63) is 88.4 Å². The molecule has 8 nitrogen and oxygen atoms in total. The van der Waals surface area contributed by atoms with Crippen molar-refractivity contribution in [2.75, 3.05) is 18.0 Å². The van der Waals surface area contributed by atoms with E-state index in [9.17, 15) is 18.0 Å². The summed E-state index contributed by atoms with van der Waals surface area (Å²) in [6.07, 6.45) is 5.50. The molecule has 0 saturated heterocycles. The summed E-state index contributed by atoms with van der Waals surface area (Å²) >= 11 is 3.43. The lowest BCUT2D eigenvalue weighted by molar-refractivity contribution is -0.140. The summed E-state index contributed by atoms with van der Waals surface area (Å²) < 4.78 is 35.1. The molecule has 43 heavy (non-hydrogen) atoms. The number of halogens is 1. The largest absolute Gasteiger partial charge is 0.497 e. The first-order valence-electron chi connectivity index (χ1n) is 14.7. The third-order valence-corrected chi connectivity index (χ3v) is 10.1. The van der Waals surface area contributed by atoms with E-state index in [4.69, 9.17) is 4.74 Å². The SMILES string of the molecule is CCC(C(=O)NC1CCCCC1)N(Cc1ccc(OC)cc1)C(=O)CN(c1cccc(Br)c1)S(=O)(=O)c1ccc(C)cc1. The van der Waals surface area contributed by atoms with Crippen LogP contribution in [-0.4, -0.2) is 50.9 Å². The van der Waals surface area contributed by atoms with Gasteiger partial charge in [0.15, 0.2) is 0 Å². The van der Waals surface area contributed by atoms with Crippen molar-refractivity contribution < 1.29 is 22.7 Å². The minimum Gasteiger partial charge on any atom is -0.497 e. The van der Waals surface area contributed by atoms with Crippen LogP contribution in [-0.2, 0) is 26.2 Å². The van der Waals surface area contributed by atoms with E-state index in [1.165, 1.54) is 4.90 Å². The minimum atomic E-state index is -4.13. The molecule has 3 aromatic carbocycles. The number of nitrogens with zero attached hydrogens (tertiary/aromatic N) is 2. The predicted octanol–water partition coefficient (Wildman–Crippen LogP) is 6.22. The molecule has 1 saturated carbocycles. The Hall–Kier alpha value is -3.37. The molecule has 230 valence electrons. The molecule has 0 bridgehead atoms. The standard InChI is InChI=1S/C33H40BrN3O5S/c1-4-31(33(39)35-27-10-6-5-7-11-27)36(22-25-15-17-29(42-3)18-16-25)32(38)23-37(28-12-8-9-26(34)21-28)43(40,41)30-19-13-24(2)14-20-30/h8-9,12-21,27,31H,4-7,10-11,22-23H2,1-3H3,(H,35,39). The number of anilines is 1. The van der Waals surface area contributed by atoms with Crippen LogP contribution in [0.2, 0.25) is 0 Å². The molecule has 10 heteroatoms. The second-order valence-corrected chi connectivity index (χ2v) is 13.7. The zero-order valence-corrected chi connectivity index (χ0v) is 27.4. The van der Waals surface area contributed by atoms with Gasteiger partial charge in [-0.1, -0.05) is 78.0 Å². The van der Waals surface area contributed by atoms with E-state index in [0.717, 1.165) is 47.5 Å². The summed E-state index contributed by atoms with van der Waals surface area (Å²) in [7, 11) is -2.54. The summed E-state index contributed by atoms with van der Waals surface area (Å²) in [5.41, 5.74) is 2.06. The number of aryl methyl sites for hydroxylation is 1. The maximum atomic E-state index is 14.3. The Balaban J connectivity index is 1.70. The van der Waals surface area contributed by atoms with Crippen molar-refractivity contribution in [3.63, 3.8) is 0 Å². The Labute approximate surface area is 263 Å². The van der Waals surface area contributed by atoms with E-state index in [0.29, 0.717) is 22.3 Å². The van der Waals surface area contributed by atoms with Crippen LogP contribution in [0.5, 0.6) is 5.75 Å². The maximum absolute atomic E-state index is 14.3. The number of methoxy groups -OCH3 is 1. The summed E-state index contributed by atoms with van der Waals surface area (Å²) in [6, 6.07) is 20.0. The second kappa shape index (κ2) is 14.9. The van der Waals surface area contributed by atoms with Crippen LogP contribution < -0.4 is 14.4 Å². The number of carbonyl (C=O) groups excluding carboxylic acids is 2. The highest BCUT2D eigenvalue weighted by Gasteiger charge is 2.34. The number of hydrogen-bond donors (Lipinski definition) is 1. The van der Waals surface area contributed by atoms with Gasteiger partial charge in [0.1, 0.15) is 18.3 Å². The van der Waals surface area contributed by atoms with Gasteiger partial charge in [0.2, 0.25) is 11.8 Å². The van der Waals surface area contributed by atoms with Crippen molar-refractivity contribution in [2.24, 2.45) is 0 Å². The van der Waals surface area contributed by atoms with E-state index in [-0.39, 0.29) is 23.4 Å². The van der Waals surface area contributed by atoms with Crippen LogP contribution in [0.3, 0.4) is 0 Å². The third-order valence-electron chi connectivity index (χ3n) is 7.83. The van der Waals surface area contributed by atoms with Gasteiger partial charge in [-0.2, -0.15) is 0 Å². The predicted molar refractivity (Wildman–Crippen MR) is 172 cm³/mol. The van der Waals surface area contributed by atoms with E-state index < -0.39 is 28.5 Å². The molecule has 0 heterocycles. The normalized spacial score (nSPS) is 14.5. The highest BCUT2D eigenvalue weighted by atomic mass is 79.9. The second-order valence-electron chi connectivity index (χ2n) is 10.9. The number of carbonyl (C=O) groups is 2. The molecule has 1 atom stereocenters. The van der Waals surface area contributed by atoms with Gasteiger partial charge in [0.25, 0.3) is 10.0 Å². The molecule has 1 unspecified atom stereocenters. The molecule has 2 amide bonds. The Morgan fingerprint density at radius 1 is 1.00 bits per heavy atom. The van der Waals surface area contributed by atoms with Gasteiger partial charge in [-0.05, 0) is 74.2 Å². The monoisotopic (exact) mass is 669 g/mol. The minimum absolute atomic E-state index is 0.0771. The van der Waals surface area contributed by atoms with Crippen LogP contribution in [0.4, 0.5) is 5.69 Å². The van der Waals surface area contributed by atoms with Crippen molar-refractivity contribution in [1.29, 1.82) is 0 Å². The molecule has 0 radical (unpaired) electrons. The van der Waals surface area contributed by atoms with Gasteiger partial charge in [-0.15, -0.1) is 0 Å². The molecular weight excluding hydrogens is 630 g/mol. The topological polar surface area (TPSA) is 96.0 Å². The van der Waals surface area contributed by atoms with Crippen molar-refractivity contribution in [3.8, 4) is 5.75 Å². The van der Waals surface area contributed by atoms with E-state index >= 15 is 0 Å². The van der Waals surface area contributed by atoms with Crippen LogP contribution >= 0.6 is 15.9 Å². The zero-order chi connectivity index (χ0) is 31.0. The van der Waals surface area contributed by atoms with Gasteiger partial charge < -0.3 is 15.0 Å². The summed E-state index contributed by atoms with van der Waals surface area (Å²) in [5.74, 6) is -0.0162. The summed E-state index contributed by atoms with van der Waals surface area (Å²) in [5, 5.41) is 3.17. The Morgan fingerprint density at radius 2 is 1.67 bits per heavy atom. The van der Waals surface area contributed by atoms with E-state index in [1.807, 2.05) is 26.0 Å². The smallest absolute Gasteiger partial charge is 0.264 e. The average molecular weight is 671 g/mol. The molecule has 1 aliphatic carbocycles. The van der Waals surface area contributed by atoms with Crippen LogP contribution in [0.15, 0.2) is 82.2 Å². The van der Waals surface area contributed by atoms with Crippen molar-refractivity contribution >= 4 is 43.5 Å². The number of rotatable bonds is 12. The van der Waals surface area contributed by atoms with Crippen LogP contribution in [0, 0.1) is 6.92 Å². The number of hydrogen-bond acceptors (Lipinski definition) is 5. The Morgan fingerprint density at radius 3 is 2.28 bits per heavy atom. The quantitative estimate of drug-likeness (QED) is 0.247. The van der Waals surface area contributed by atoms with E-state index in [2.05, 4.69) is 21.2 Å². The lowest BCUT2D eigenvalue weighted by atomic mass is 9.95. The van der Waals surface area contributed by atoms with Crippen molar-refractivity contribution in [2.45, 2.75) is 75.9 Å². The molecular formula is C33H40BrN3O5S. The first-order valence-corrected chi connectivity index (χ1v) is 16.9.